The molecule has 2 rings (SSSR count). The van der Waals surface area contributed by atoms with Gasteiger partial charge in [0, 0.05) is 22.3 Å². The molecule has 104 valence electrons. The van der Waals surface area contributed by atoms with Crippen molar-refractivity contribution in [2.75, 3.05) is 31.9 Å². The Kier molecular flexibility index (Phi) is 5.22. The average Bonchev–Trinajstić information content (AvgIpc) is 2.91. The summed E-state index contributed by atoms with van der Waals surface area (Å²) in [6.07, 6.45) is 3.62. The van der Waals surface area contributed by atoms with Gasteiger partial charge in [-0.05, 0) is 73.0 Å². The van der Waals surface area contributed by atoms with Crippen molar-refractivity contribution in [3.63, 3.8) is 0 Å². The highest BCUT2D eigenvalue weighted by Crippen LogP contribution is 2.20. The number of carbonyl (C=O) groups excluding carboxylic acids is 1. The maximum atomic E-state index is 11.9. The molecule has 1 aromatic rings. The molecule has 4 nitrogen and oxygen atoms in total. The van der Waals surface area contributed by atoms with Crippen LogP contribution in [0.4, 0.5) is 5.69 Å². The summed E-state index contributed by atoms with van der Waals surface area (Å²) < 4.78 is 0.761. The molecule has 0 unspecified atom stereocenters. The van der Waals surface area contributed by atoms with E-state index in [4.69, 9.17) is 5.73 Å². The normalized spacial score (nSPS) is 15.6. The number of nitrogen functional groups attached to an aromatic ring is 1. The van der Waals surface area contributed by atoms with E-state index in [2.05, 4.69) is 26.1 Å². The van der Waals surface area contributed by atoms with Gasteiger partial charge >= 0.3 is 0 Å². The first-order chi connectivity index (χ1) is 9.16. The predicted octanol–water partition coefficient (Wildman–Crippen LogP) is 2.25. The largest absolute Gasteiger partial charge is 0.398 e. The lowest BCUT2D eigenvalue weighted by atomic mass is 10.2. The molecule has 1 aliphatic heterocycles. The first-order valence-electron chi connectivity index (χ1n) is 6.72. The van der Waals surface area contributed by atoms with Gasteiger partial charge in [-0.15, -0.1) is 0 Å². The Labute approximate surface area is 122 Å². The smallest absolute Gasteiger partial charge is 0.251 e. The van der Waals surface area contributed by atoms with Crippen molar-refractivity contribution < 1.29 is 4.79 Å². The van der Waals surface area contributed by atoms with Crippen LogP contribution in [0.5, 0.6) is 0 Å². The number of hydrogen-bond donors (Lipinski definition) is 2. The number of nitrogens with one attached hydrogen (secondary N) is 1. The molecule has 1 aliphatic rings. The Morgan fingerprint density at radius 1 is 1.37 bits per heavy atom. The molecule has 0 radical (unpaired) electrons. The van der Waals surface area contributed by atoms with E-state index < -0.39 is 0 Å². The summed E-state index contributed by atoms with van der Waals surface area (Å²) in [5, 5.41) is 2.94. The van der Waals surface area contributed by atoms with Crippen LogP contribution in [-0.4, -0.2) is 37.0 Å². The monoisotopic (exact) mass is 325 g/mol. The number of hydrogen-bond acceptors (Lipinski definition) is 3. The second kappa shape index (κ2) is 6.91. The van der Waals surface area contributed by atoms with Crippen LogP contribution in [-0.2, 0) is 0 Å². The van der Waals surface area contributed by atoms with E-state index in [-0.39, 0.29) is 5.91 Å². The fraction of sp³-hybridized carbons (Fsp3) is 0.500. The van der Waals surface area contributed by atoms with Gasteiger partial charge in [0.1, 0.15) is 0 Å². The van der Waals surface area contributed by atoms with E-state index in [9.17, 15) is 4.79 Å². The summed E-state index contributed by atoms with van der Waals surface area (Å²) >= 11 is 3.33. The molecule has 1 amide bonds. The lowest BCUT2D eigenvalue weighted by Crippen LogP contribution is -2.28. The molecule has 0 aromatic heterocycles. The number of anilines is 1. The van der Waals surface area contributed by atoms with Crippen molar-refractivity contribution in [3.05, 3.63) is 28.2 Å². The van der Waals surface area contributed by atoms with Crippen molar-refractivity contribution in [2.45, 2.75) is 19.3 Å². The van der Waals surface area contributed by atoms with Crippen molar-refractivity contribution in [1.29, 1.82) is 0 Å². The van der Waals surface area contributed by atoms with Crippen molar-refractivity contribution in [3.8, 4) is 0 Å². The number of halogens is 1. The zero-order valence-corrected chi connectivity index (χ0v) is 12.6. The van der Waals surface area contributed by atoms with Crippen LogP contribution < -0.4 is 11.1 Å². The van der Waals surface area contributed by atoms with Gasteiger partial charge in [0.05, 0.1) is 0 Å². The van der Waals surface area contributed by atoms with Gasteiger partial charge in [-0.1, -0.05) is 0 Å². The molecule has 0 saturated carbocycles. The summed E-state index contributed by atoms with van der Waals surface area (Å²) in [6, 6.07) is 5.24. The molecule has 0 aliphatic carbocycles. The predicted molar refractivity (Wildman–Crippen MR) is 81.2 cm³/mol. The number of carbonyl (C=O) groups is 1. The molecular weight excluding hydrogens is 306 g/mol. The fourth-order valence-electron chi connectivity index (χ4n) is 2.28. The van der Waals surface area contributed by atoms with Crippen molar-refractivity contribution in [1.82, 2.24) is 10.2 Å². The lowest BCUT2D eigenvalue weighted by molar-refractivity contribution is 0.0952. The van der Waals surface area contributed by atoms with Gasteiger partial charge in [0.15, 0.2) is 0 Å². The summed E-state index contributed by atoms with van der Waals surface area (Å²) in [5.74, 6) is -0.0397. The number of amides is 1. The Morgan fingerprint density at radius 2 is 2.11 bits per heavy atom. The van der Waals surface area contributed by atoms with E-state index in [1.165, 1.54) is 25.9 Å². The van der Waals surface area contributed by atoms with Gasteiger partial charge in [0.2, 0.25) is 0 Å². The van der Waals surface area contributed by atoms with E-state index in [1.807, 2.05) is 0 Å². The Hall–Kier alpha value is -1.07. The Balaban J connectivity index is 1.72. The quantitative estimate of drug-likeness (QED) is 0.644. The maximum Gasteiger partial charge on any atom is 0.251 e. The van der Waals surface area contributed by atoms with E-state index in [1.54, 1.807) is 18.2 Å². The van der Waals surface area contributed by atoms with Gasteiger partial charge in [-0.25, -0.2) is 0 Å². The molecule has 1 fully saturated rings. The SMILES string of the molecule is Nc1ccc(C(=O)NCCCN2CCCC2)cc1Br. The molecular formula is C14H20BrN3O. The molecule has 3 N–H and O–H groups in total. The van der Waals surface area contributed by atoms with Crippen LogP contribution in [0, 0.1) is 0 Å². The molecule has 0 bridgehead atoms. The molecule has 0 spiro atoms. The summed E-state index contributed by atoms with van der Waals surface area (Å²) in [7, 11) is 0. The zero-order valence-electron chi connectivity index (χ0n) is 11.0. The number of rotatable bonds is 5. The number of likely N-dealkylation sites (tertiary alicyclic amines) is 1. The van der Waals surface area contributed by atoms with Crippen LogP contribution in [0.2, 0.25) is 0 Å². The third-order valence-corrected chi connectivity index (χ3v) is 4.08. The second-order valence-electron chi connectivity index (χ2n) is 4.89. The van der Waals surface area contributed by atoms with Crippen LogP contribution in [0.1, 0.15) is 29.6 Å². The van der Waals surface area contributed by atoms with Crippen LogP contribution in [0.3, 0.4) is 0 Å². The van der Waals surface area contributed by atoms with E-state index in [0.29, 0.717) is 11.3 Å². The molecule has 1 saturated heterocycles. The standard InChI is InChI=1S/C14H20BrN3O/c15-12-10-11(4-5-13(12)16)14(19)17-6-3-9-18-7-1-2-8-18/h4-5,10H,1-3,6-9,16H2,(H,17,19). The minimum Gasteiger partial charge on any atom is -0.398 e. The number of nitrogens with zero attached hydrogens (tertiary/aromatic N) is 1. The zero-order chi connectivity index (χ0) is 13.7. The number of benzene rings is 1. The minimum absolute atomic E-state index is 0.0397. The van der Waals surface area contributed by atoms with Gasteiger partial charge in [-0.2, -0.15) is 0 Å². The van der Waals surface area contributed by atoms with E-state index >= 15 is 0 Å². The highest BCUT2D eigenvalue weighted by molar-refractivity contribution is 9.10. The Bertz CT molecular complexity index is 444. The maximum absolute atomic E-state index is 11.9. The van der Waals surface area contributed by atoms with Gasteiger partial charge < -0.3 is 16.0 Å². The summed E-state index contributed by atoms with van der Waals surface area (Å²) in [6.45, 7) is 4.21. The Morgan fingerprint density at radius 3 is 2.79 bits per heavy atom. The second-order valence-corrected chi connectivity index (χ2v) is 5.75. The van der Waals surface area contributed by atoms with Crippen LogP contribution >= 0.6 is 15.9 Å². The van der Waals surface area contributed by atoms with Crippen molar-refractivity contribution >= 4 is 27.5 Å². The summed E-state index contributed by atoms with van der Waals surface area (Å²) in [5.41, 5.74) is 6.98. The van der Waals surface area contributed by atoms with Crippen LogP contribution in [0.25, 0.3) is 0 Å². The van der Waals surface area contributed by atoms with Gasteiger partial charge in [-0.3, -0.25) is 4.79 Å². The molecule has 5 heteroatoms. The van der Waals surface area contributed by atoms with Crippen molar-refractivity contribution in [2.24, 2.45) is 0 Å². The fourth-order valence-corrected chi connectivity index (χ4v) is 2.66. The first kappa shape index (κ1) is 14.3. The third kappa shape index (κ3) is 4.21. The molecule has 1 aromatic carbocycles. The number of nitrogens with two attached hydrogens (primary N) is 1. The molecule has 19 heavy (non-hydrogen) atoms. The van der Waals surface area contributed by atoms with Crippen LogP contribution in [0.15, 0.2) is 22.7 Å². The van der Waals surface area contributed by atoms with E-state index in [0.717, 1.165) is 24.0 Å². The topological polar surface area (TPSA) is 58.4 Å². The summed E-state index contributed by atoms with van der Waals surface area (Å²) in [4.78, 5) is 14.4. The minimum atomic E-state index is -0.0397. The van der Waals surface area contributed by atoms with Gasteiger partial charge in [0.25, 0.3) is 5.91 Å². The lowest BCUT2D eigenvalue weighted by Gasteiger charge is -2.14. The molecule has 0 atom stereocenters. The average molecular weight is 326 g/mol. The highest BCUT2D eigenvalue weighted by Gasteiger charge is 2.11. The third-order valence-electron chi connectivity index (χ3n) is 3.40. The highest BCUT2D eigenvalue weighted by atomic mass is 79.9. The first-order valence-corrected chi connectivity index (χ1v) is 7.52. The molecule has 1 heterocycles.